The molecule has 0 amide bonds. The number of nitro benzene ring substituents is 1. The molecule has 1 rings (SSSR count). The van der Waals surface area contributed by atoms with Gasteiger partial charge in [0.25, 0.3) is 5.69 Å². The number of carbonyl (C=O) groups excluding carboxylic acids is 1. The number of methoxy groups -OCH3 is 1. The molecule has 20 heavy (non-hydrogen) atoms. The van der Waals surface area contributed by atoms with Gasteiger partial charge in [0.05, 0.1) is 23.7 Å². The first kappa shape index (κ1) is 16.0. The number of hydrogen-bond acceptors (Lipinski definition) is 6. The molecule has 9 heteroatoms. The topological polar surface area (TPSA) is 98.5 Å². The van der Waals surface area contributed by atoms with Gasteiger partial charge in [0, 0.05) is 29.4 Å². The third-order valence-corrected chi connectivity index (χ3v) is 3.17. The molecule has 0 aliphatic heterocycles. The SMILES string of the molecule is COC(=O)c1cc(NCCS(C)=O)c([N+](=O)[O-])cc1F. The lowest BCUT2D eigenvalue weighted by Gasteiger charge is -2.09. The highest BCUT2D eigenvalue weighted by molar-refractivity contribution is 7.84. The second-order valence-electron chi connectivity index (χ2n) is 3.80. The van der Waals surface area contributed by atoms with E-state index in [4.69, 9.17) is 0 Å². The van der Waals surface area contributed by atoms with Gasteiger partial charge in [-0.3, -0.25) is 14.3 Å². The number of halogens is 1. The summed E-state index contributed by atoms with van der Waals surface area (Å²) in [5, 5.41) is 13.5. The van der Waals surface area contributed by atoms with Gasteiger partial charge in [-0.1, -0.05) is 0 Å². The molecular weight excluding hydrogens is 291 g/mol. The lowest BCUT2D eigenvalue weighted by Crippen LogP contribution is -2.13. The predicted octanol–water partition coefficient (Wildman–Crippen LogP) is 1.31. The number of benzene rings is 1. The third kappa shape index (κ3) is 3.98. The second-order valence-corrected chi connectivity index (χ2v) is 5.36. The number of carbonyl (C=O) groups is 1. The Labute approximate surface area is 116 Å². The van der Waals surface area contributed by atoms with Crippen molar-refractivity contribution < 1.29 is 23.1 Å². The van der Waals surface area contributed by atoms with Gasteiger partial charge in [0.2, 0.25) is 0 Å². The second kappa shape index (κ2) is 6.94. The summed E-state index contributed by atoms with van der Waals surface area (Å²) < 4.78 is 28.9. The average molecular weight is 304 g/mol. The molecule has 7 nitrogen and oxygen atoms in total. The maximum atomic E-state index is 13.6. The van der Waals surface area contributed by atoms with E-state index in [1.807, 2.05) is 0 Å². The molecule has 1 atom stereocenters. The van der Waals surface area contributed by atoms with Crippen LogP contribution in [0.25, 0.3) is 0 Å². The molecular formula is C11H13FN2O5S. The van der Waals surface area contributed by atoms with Crippen LogP contribution >= 0.6 is 0 Å². The highest BCUT2D eigenvalue weighted by atomic mass is 32.2. The Hall–Kier alpha value is -2.03. The van der Waals surface area contributed by atoms with E-state index in [2.05, 4.69) is 10.1 Å². The Morgan fingerprint density at radius 3 is 2.70 bits per heavy atom. The molecule has 0 saturated carbocycles. The smallest absolute Gasteiger partial charge is 0.340 e. The molecule has 0 aromatic heterocycles. The van der Waals surface area contributed by atoms with Gasteiger partial charge in [-0.05, 0) is 6.07 Å². The number of nitro groups is 1. The molecule has 0 spiro atoms. The number of nitrogens with one attached hydrogen (secondary N) is 1. The Kier molecular flexibility index (Phi) is 5.56. The van der Waals surface area contributed by atoms with Crippen LogP contribution in [0.5, 0.6) is 0 Å². The van der Waals surface area contributed by atoms with Crippen molar-refractivity contribution in [1.29, 1.82) is 0 Å². The van der Waals surface area contributed by atoms with E-state index < -0.39 is 38.8 Å². The normalized spacial score (nSPS) is 11.8. The molecule has 0 radical (unpaired) electrons. The summed E-state index contributed by atoms with van der Waals surface area (Å²) in [7, 11) is 0.00515. The minimum atomic E-state index is -1.07. The van der Waals surface area contributed by atoms with Gasteiger partial charge in [-0.2, -0.15) is 0 Å². The lowest BCUT2D eigenvalue weighted by atomic mass is 10.1. The van der Waals surface area contributed by atoms with Crippen molar-refractivity contribution in [2.75, 3.05) is 31.0 Å². The van der Waals surface area contributed by atoms with Gasteiger partial charge in [-0.15, -0.1) is 0 Å². The fourth-order valence-corrected chi connectivity index (χ4v) is 1.84. The number of rotatable bonds is 6. The van der Waals surface area contributed by atoms with Gasteiger partial charge < -0.3 is 10.1 Å². The van der Waals surface area contributed by atoms with Crippen LogP contribution < -0.4 is 5.32 Å². The first-order valence-electron chi connectivity index (χ1n) is 5.47. The van der Waals surface area contributed by atoms with Crippen LogP contribution in [0.4, 0.5) is 15.8 Å². The van der Waals surface area contributed by atoms with Crippen LogP contribution in [-0.2, 0) is 15.5 Å². The average Bonchev–Trinajstić information content (AvgIpc) is 2.38. The van der Waals surface area contributed by atoms with Crippen LogP contribution in [-0.4, -0.2) is 40.8 Å². The highest BCUT2D eigenvalue weighted by Crippen LogP contribution is 2.28. The van der Waals surface area contributed by atoms with E-state index in [0.717, 1.165) is 13.2 Å². The fourth-order valence-electron chi connectivity index (χ4n) is 1.45. The zero-order valence-electron chi connectivity index (χ0n) is 10.8. The van der Waals surface area contributed by atoms with Gasteiger partial charge in [0.15, 0.2) is 0 Å². The summed E-state index contributed by atoms with van der Waals surface area (Å²) in [5.74, 6) is -1.70. The molecule has 110 valence electrons. The summed E-state index contributed by atoms with van der Waals surface area (Å²) in [6.07, 6.45) is 1.49. The van der Waals surface area contributed by atoms with Crippen molar-refractivity contribution in [3.63, 3.8) is 0 Å². The molecule has 0 heterocycles. The van der Waals surface area contributed by atoms with E-state index >= 15 is 0 Å². The van der Waals surface area contributed by atoms with Crippen LogP contribution in [0.2, 0.25) is 0 Å². The van der Waals surface area contributed by atoms with Crippen molar-refractivity contribution in [3.8, 4) is 0 Å². The number of esters is 1. The predicted molar refractivity (Wildman–Crippen MR) is 71.8 cm³/mol. The Bertz CT molecular complexity index is 564. The maximum Gasteiger partial charge on any atom is 0.340 e. The molecule has 1 aromatic rings. The van der Waals surface area contributed by atoms with Crippen molar-refractivity contribution in [3.05, 3.63) is 33.6 Å². The van der Waals surface area contributed by atoms with Crippen LogP contribution in [0.3, 0.4) is 0 Å². The molecule has 0 fully saturated rings. The zero-order valence-corrected chi connectivity index (χ0v) is 11.7. The Balaban J connectivity index is 3.13. The molecule has 1 N–H and O–H groups in total. The van der Waals surface area contributed by atoms with Gasteiger partial charge in [0.1, 0.15) is 11.5 Å². The number of anilines is 1. The first-order chi connectivity index (χ1) is 9.36. The highest BCUT2D eigenvalue weighted by Gasteiger charge is 2.22. The lowest BCUT2D eigenvalue weighted by molar-refractivity contribution is -0.384. The van der Waals surface area contributed by atoms with E-state index in [-0.39, 0.29) is 18.0 Å². The van der Waals surface area contributed by atoms with E-state index in [1.165, 1.54) is 6.26 Å². The molecule has 1 aromatic carbocycles. The van der Waals surface area contributed by atoms with Crippen LogP contribution in [0, 0.1) is 15.9 Å². The summed E-state index contributed by atoms with van der Waals surface area (Å²) in [6, 6.07) is 1.66. The van der Waals surface area contributed by atoms with Crippen LogP contribution in [0.1, 0.15) is 10.4 Å². The van der Waals surface area contributed by atoms with E-state index in [9.17, 15) is 23.5 Å². The zero-order chi connectivity index (χ0) is 15.3. The minimum absolute atomic E-state index is 0.0257. The molecule has 0 saturated heterocycles. The molecule has 0 bridgehead atoms. The third-order valence-electron chi connectivity index (χ3n) is 2.39. The molecule has 0 aliphatic rings. The molecule has 1 unspecified atom stereocenters. The number of hydrogen-bond donors (Lipinski definition) is 1. The van der Waals surface area contributed by atoms with E-state index in [0.29, 0.717) is 6.07 Å². The number of ether oxygens (including phenoxy) is 1. The van der Waals surface area contributed by atoms with Crippen LogP contribution in [0.15, 0.2) is 12.1 Å². The largest absolute Gasteiger partial charge is 0.465 e. The van der Waals surface area contributed by atoms with Gasteiger partial charge >= 0.3 is 5.97 Å². The van der Waals surface area contributed by atoms with Crippen molar-refractivity contribution in [1.82, 2.24) is 0 Å². The Morgan fingerprint density at radius 1 is 1.55 bits per heavy atom. The first-order valence-corrected chi connectivity index (χ1v) is 7.19. The quantitative estimate of drug-likeness (QED) is 0.483. The van der Waals surface area contributed by atoms with E-state index in [1.54, 1.807) is 0 Å². The number of nitrogens with zero attached hydrogens (tertiary/aromatic N) is 1. The Morgan fingerprint density at radius 2 is 2.20 bits per heavy atom. The monoisotopic (exact) mass is 304 g/mol. The van der Waals surface area contributed by atoms with Gasteiger partial charge in [-0.25, -0.2) is 9.18 Å². The van der Waals surface area contributed by atoms with Crippen molar-refractivity contribution in [2.45, 2.75) is 0 Å². The minimum Gasteiger partial charge on any atom is -0.465 e. The summed E-state index contributed by atoms with van der Waals surface area (Å²) >= 11 is 0. The van der Waals surface area contributed by atoms with Crippen molar-refractivity contribution >= 4 is 28.1 Å². The summed E-state index contributed by atoms with van der Waals surface area (Å²) in [5.41, 5.74) is -0.933. The molecule has 0 aliphatic carbocycles. The maximum absolute atomic E-state index is 13.6. The summed E-state index contributed by atoms with van der Waals surface area (Å²) in [4.78, 5) is 21.4. The van der Waals surface area contributed by atoms with Crippen molar-refractivity contribution in [2.24, 2.45) is 0 Å². The fraction of sp³-hybridized carbons (Fsp3) is 0.364. The summed E-state index contributed by atoms with van der Waals surface area (Å²) in [6.45, 7) is 0.191. The standard InChI is InChI=1S/C11H13FN2O5S/c1-19-11(15)7-5-9(13-3-4-20(2)18)10(14(16)17)6-8(7)12/h5-6,13H,3-4H2,1-2H3.